The predicted octanol–water partition coefficient (Wildman–Crippen LogP) is 1.94. The van der Waals surface area contributed by atoms with Crippen molar-refractivity contribution in [1.29, 1.82) is 0 Å². The molecule has 106 valence electrons. The van der Waals surface area contributed by atoms with Crippen molar-refractivity contribution in [2.75, 3.05) is 6.54 Å². The number of halogens is 1. The van der Waals surface area contributed by atoms with Crippen LogP contribution in [0.3, 0.4) is 0 Å². The Hall–Kier alpha value is -1.24. The van der Waals surface area contributed by atoms with E-state index >= 15 is 0 Å². The van der Waals surface area contributed by atoms with Gasteiger partial charge in [0.25, 0.3) is 0 Å². The number of fused-ring (bicyclic) bond motifs is 1. The van der Waals surface area contributed by atoms with Crippen LogP contribution >= 0.6 is 15.9 Å². The van der Waals surface area contributed by atoms with E-state index in [0.717, 1.165) is 29.9 Å². The number of nitrogens with zero attached hydrogens (tertiary/aromatic N) is 4. The van der Waals surface area contributed by atoms with Gasteiger partial charge in [0.1, 0.15) is 12.2 Å². The minimum Gasteiger partial charge on any atom is -0.326 e. The Balaban J connectivity index is 1.89. The molecule has 0 aliphatic carbocycles. The van der Waals surface area contributed by atoms with Crippen LogP contribution in [-0.4, -0.2) is 32.3 Å². The molecule has 0 bridgehead atoms. The molecule has 0 spiro atoms. The molecule has 6 heteroatoms. The maximum Gasteiger partial charge on any atom is 0.147 e. The molecule has 0 amide bonds. The Kier molecular flexibility index (Phi) is 3.87. The summed E-state index contributed by atoms with van der Waals surface area (Å²) in [6.07, 6.45) is 1.80. The second-order valence-electron chi connectivity index (χ2n) is 5.27. The molecular formula is C14H18BrN5. The van der Waals surface area contributed by atoms with E-state index in [4.69, 9.17) is 5.73 Å². The van der Waals surface area contributed by atoms with Gasteiger partial charge in [-0.25, -0.2) is 0 Å². The van der Waals surface area contributed by atoms with E-state index < -0.39 is 0 Å². The average molecular weight is 336 g/mol. The molecule has 2 atom stereocenters. The first-order valence-corrected chi connectivity index (χ1v) is 7.56. The standard InChI is InChI=1S/C14H18BrN5/c1-10(16)14(11-3-2-4-12(15)7-11)19-5-6-20-9-17-18-13(20)8-19/h2-4,7,9-10,14H,5-6,8,16H2,1H3. The first-order valence-electron chi connectivity index (χ1n) is 6.77. The summed E-state index contributed by atoms with van der Waals surface area (Å²) in [6, 6.07) is 8.62. The summed E-state index contributed by atoms with van der Waals surface area (Å²) >= 11 is 3.54. The number of aromatic nitrogens is 3. The Morgan fingerprint density at radius 2 is 2.20 bits per heavy atom. The van der Waals surface area contributed by atoms with E-state index in [0.29, 0.717) is 0 Å². The number of rotatable bonds is 3. The Bertz CT molecular complexity index is 595. The third-order valence-corrected chi connectivity index (χ3v) is 4.24. The number of hydrogen-bond donors (Lipinski definition) is 1. The zero-order valence-electron chi connectivity index (χ0n) is 11.4. The molecule has 1 aromatic carbocycles. The molecular weight excluding hydrogens is 318 g/mol. The van der Waals surface area contributed by atoms with Crippen molar-refractivity contribution in [1.82, 2.24) is 19.7 Å². The van der Waals surface area contributed by atoms with E-state index in [2.05, 4.69) is 60.7 Å². The van der Waals surface area contributed by atoms with Crippen molar-refractivity contribution in [2.24, 2.45) is 5.73 Å². The summed E-state index contributed by atoms with van der Waals surface area (Å²) in [5, 5.41) is 8.16. The highest BCUT2D eigenvalue weighted by molar-refractivity contribution is 9.10. The summed E-state index contributed by atoms with van der Waals surface area (Å²) in [4.78, 5) is 2.39. The molecule has 2 heterocycles. The Morgan fingerprint density at radius 1 is 1.35 bits per heavy atom. The van der Waals surface area contributed by atoms with Gasteiger partial charge in [-0.05, 0) is 24.6 Å². The molecule has 0 saturated heterocycles. The highest BCUT2D eigenvalue weighted by atomic mass is 79.9. The third kappa shape index (κ3) is 2.63. The number of hydrogen-bond acceptors (Lipinski definition) is 4. The lowest BCUT2D eigenvalue weighted by Gasteiger charge is -2.37. The number of nitrogens with two attached hydrogens (primary N) is 1. The highest BCUT2D eigenvalue weighted by Crippen LogP contribution is 2.28. The van der Waals surface area contributed by atoms with Gasteiger partial charge in [-0.2, -0.15) is 0 Å². The van der Waals surface area contributed by atoms with Crippen molar-refractivity contribution in [3.8, 4) is 0 Å². The van der Waals surface area contributed by atoms with Crippen LogP contribution in [0.4, 0.5) is 0 Å². The monoisotopic (exact) mass is 335 g/mol. The minimum absolute atomic E-state index is 0.0544. The van der Waals surface area contributed by atoms with Gasteiger partial charge in [0.05, 0.1) is 12.6 Å². The van der Waals surface area contributed by atoms with Gasteiger partial charge in [0, 0.05) is 23.6 Å². The maximum absolute atomic E-state index is 6.25. The van der Waals surface area contributed by atoms with Crippen LogP contribution in [0.1, 0.15) is 24.4 Å². The Labute approximate surface area is 126 Å². The van der Waals surface area contributed by atoms with E-state index in [1.807, 2.05) is 6.07 Å². The van der Waals surface area contributed by atoms with Crippen LogP contribution < -0.4 is 5.73 Å². The lowest BCUT2D eigenvalue weighted by Crippen LogP contribution is -2.43. The zero-order valence-corrected chi connectivity index (χ0v) is 13.0. The normalized spacial score (nSPS) is 18.6. The summed E-state index contributed by atoms with van der Waals surface area (Å²) in [6.45, 7) is 4.73. The molecule has 20 heavy (non-hydrogen) atoms. The lowest BCUT2D eigenvalue weighted by molar-refractivity contribution is 0.136. The van der Waals surface area contributed by atoms with Gasteiger partial charge in [-0.1, -0.05) is 28.1 Å². The third-order valence-electron chi connectivity index (χ3n) is 3.75. The molecule has 2 N–H and O–H groups in total. The molecule has 2 unspecified atom stereocenters. The summed E-state index contributed by atoms with van der Waals surface area (Å²) in [5.41, 5.74) is 7.48. The average Bonchev–Trinajstić information content (AvgIpc) is 2.86. The van der Waals surface area contributed by atoms with Gasteiger partial charge in [-0.3, -0.25) is 4.90 Å². The first-order chi connectivity index (χ1) is 9.65. The van der Waals surface area contributed by atoms with E-state index in [9.17, 15) is 0 Å². The second kappa shape index (κ2) is 5.63. The molecule has 1 aromatic heterocycles. The summed E-state index contributed by atoms with van der Waals surface area (Å²) in [5.74, 6) is 1.01. The zero-order chi connectivity index (χ0) is 14.1. The predicted molar refractivity (Wildman–Crippen MR) is 81.0 cm³/mol. The van der Waals surface area contributed by atoms with Crippen LogP contribution in [-0.2, 0) is 13.1 Å². The van der Waals surface area contributed by atoms with Crippen LogP contribution in [0.2, 0.25) is 0 Å². The molecule has 1 aliphatic rings. The van der Waals surface area contributed by atoms with Crippen LogP contribution in [0.15, 0.2) is 35.1 Å². The summed E-state index contributed by atoms with van der Waals surface area (Å²) in [7, 11) is 0. The van der Waals surface area contributed by atoms with Gasteiger partial charge >= 0.3 is 0 Å². The van der Waals surface area contributed by atoms with Crippen molar-refractivity contribution in [2.45, 2.75) is 32.1 Å². The van der Waals surface area contributed by atoms with Gasteiger partial charge in [0.2, 0.25) is 0 Å². The molecule has 0 saturated carbocycles. The fourth-order valence-electron chi connectivity index (χ4n) is 2.86. The maximum atomic E-state index is 6.25. The molecule has 3 rings (SSSR count). The fraction of sp³-hybridized carbons (Fsp3) is 0.429. The van der Waals surface area contributed by atoms with E-state index in [1.165, 1.54) is 5.56 Å². The molecule has 0 radical (unpaired) electrons. The highest BCUT2D eigenvalue weighted by Gasteiger charge is 2.28. The SMILES string of the molecule is CC(N)C(c1cccc(Br)c1)N1CCn2cnnc2C1. The van der Waals surface area contributed by atoms with Crippen LogP contribution in [0.25, 0.3) is 0 Å². The molecule has 0 fully saturated rings. The van der Waals surface area contributed by atoms with E-state index in [-0.39, 0.29) is 12.1 Å². The van der Waals surface area contributed by atoms with Gasteiger partial charge < -0.3 is 10.3 Å². The topological polar surface area (TPSA) is 60.0 Å². The largest absolute Gasteiger partial charge is 0.326 e. The van der Waals surface area contributed by atoms with E-state index in [1.54, 1.807) is 6.33 Å². The van der Waals surface area contributed by atoms with Crippen molar-refractivity contribution >= 4 is 15.9 Å². The molecule has 2 aromatic rings. The van der Waals surface area contributed by atoms with Crippen molar-refractivity contribution in [3.05, 3.63) is 46.5 Å². The quantitative estimate of drug-likeness (QED) is 0.931. The van der Waals surface area contributed by atoms with Crippen LogP contribution in [0, 0.1) is 0 Å². The molecule has 5 nitrogen and oxygen atoms in total. The van der Waals surface area contributed by atoms with Gasteiger partial charge in [-0.15, -0.1) is 10.2 Å². The fourth-order valence-corrected chi connectivity index (χ4v) is 3.28. The molecule has 1 aliphatic heterocycles. The first kappa shape index (κ1) is 13.7. The van der Waals surface area contributed by atoms with Gasteiger partial charge in [0.15, 0.2) is 0 Å². The van der Waals surface area contributed by atoms with Crippen molar-refractivity contribution < 1.29 is 0 Å². The smallest absolute Gasteiger partial charge is 0.147 e. The van der Waals surface area contributed by atoms with Crippen molar-refractivity contribution in [3.63, 3.8) is 0 Å². The number of benzene rings is 1. The lowest BCUT2D eigenvalue weighted by atomic mass is 9.98. The second-order valence-corrected chi connectivity index (χ2v) is 6.19. The van der Waals surface area contributed by atoms with Crippen LogP contribution in [0.5, 0.6) is 0 Å². The minimum atomic E-state index is 0.0544. The summed E-state index contributed by atoms with van der Waals surface area (Å²) < 4.78 is 3.19. The Morgan fingerprint density at radius 3 is 2.95 bits per heavy atom.